The summed E-state index contributed by atoms with van der Waals surface area (Å²) in [7, 11) is 0. The van der Waals surface area contributed by atoms with E-state index >= 15 is 0 Å². The van der Waals surface area contributed by atoms with E-state index in [2.05, 4.69) is 4.98 Å². The van der Waals surface area contributed by atoms with Crippen LogP contribution in [0.25, 0.3) is 16.9 Å². The van der Waals surface area contributed by atoms with Gasteiger partial charge in [-0.2, -0.15) is 0 Å². The molecule has 8 heteroatoms. The van der Waals surface area contributed by atoms with E-state index < -0.39 is 17.6 Å². The summed E-state index contributed by atoms with van der Waals surface area (Å²) in [6, 6.07) is 16.5. The number of hydrogen-bond donors (Lipinski definition) is 1. The topological polar surface area (TPSA) is 80.6 Å². The summed E-state index contributed by atoms with van der Waals surface area (Å²) in [5.41, 5.74) is 2.82. The van der Waals surface area contributed by atoms with E-state index in [1.165, 1.54) is 24.5 Å². The highest BCUT2D eigenvalue weighted by Gasteiger charge is 2.22. The molecule has 0 fully saturated rings. The van der Waals surface area contributed by atoms with Gasteiger partial charge in [-0.1, -0.05) is 36.4 Å². The third kappa shape index (κ3) is 4.17. The van der Waals surface area contributed by atoms with Gasteiger partial charge >= 0.3 is 5.97 Å². The van der Waals surface area contributed by atoms with Crippen LogP contribution in [0.2, 0.25) is 0 Å². The van der Waals surface area contributed by atoms with Gasteiger partial charge in [0.25, 0.3) is 0 Å². The maximum absolute atomic E-state index is 14.5. The van der Waals surface area contributed by atoms with Crippen molar-refractivity contribution in [1.29, 1.82) is 0 Å². The molecule has 0 aliphatic rings. The van der Waals surface area contributed by atoms with Crippen LogP contribution < -0.4 is 0 Å². The molecule has 0 radical (unpaired) electrons. The summed E-state index contributed by atoms with van der Waals surface area (Å²) in [5.74, 6) is -1.77. The van der Waals surface area contributed by atoms with Crippen molar-refractivity contribution < 1.29 is 23.1 Å². The fraction of sp³-hybridized carbons (Fsp3) is 0.115. The standard InChI is InChI=1S/C26H19F2N3O3/c27-19-9-4-10-20(28)18(19)13-22-26-30-21(12-17-8-5-11-34-17)24(14-25(32)33)31(26)15-23(29-22)16-6-2-1-3-7-16/h1-11,15H,12-14H2,(H,32,33). The molecule has 2 aromatic carbocycles. The number of halogens is 2. The number of carbonyl (C=O) groups is 1. The number of hydrogen-bond acceptors (Lipinski definition) is 4. The number of benzene rings is 2. The van der Waals surface area contributed by atoms with E-state index in [-0.39, 0.29) is 24.8 Å². The minimum Gasteiger partial charge on any atom is -0.481 e. The van der Waals surface area contributed by atoms with Crippen LogP contribution in [0.4, 0.5) is 8.78 Å². The van der Waals surface area contributed by atoms with Crippen LogP contribution >= 0.6 is 0 Å². The molecule has 1 N–H and O–H groups in total. The van der Waals surface area contributed by atoms with Gasteiger partial charge in [0.1, 0.15) is 17.4 Å². The molecular weight excluding hydrogens is 440 g/mol. The molecule has 170 valence electrons. The second-order valence-electron chi connectivity index (χ2n) is 7.84. The van der Waals surface area contributed by atoms with Crippen LogP contribution in [0.3, 0.4) is 0 Å². The van der Waals surface area contributed by atoms with Crippen molar-refractivity contribution in [3.05, 3.63) is 113 Å². The first-order chi connectivity index (χ1) is 16.5. The van der Waals surface area contributed by atoms with Crippen molar-refractivity contribution >= 4 is 11.6 Å². The first kappa shape index (κ1) is 21.5. The third-order valence-electron chi connectivity index (χ3n) is 5.57. The Morgan fingerprint density at radius 2 is 1.68 bits per heavy atom. The Kier molecular flexibility index (Phi) is 5.63. The van der Waals surface area contributed by atoms with Gasteiger partial charge in [-0.05, 0) is 24.3 Å². The molecule has 0 atom stereocenters. The van der Waals surface area contributed by atoms with E-state index in [0.717, 1.165) is 5.56 Å². The van der Waals surface area contributed by atoms with Crippen molar-refractivity contribution in [3.8, 4) is 11.3 Å². The van der Waals surface area contributed by atoms with Crippen molar-refractivity contribution in [2.75, 3.05) is 0 Å². The molecule has 0 saturated carbocycles. The average molecular weight is 459 g/mol. The van der Waals surface area contributed by atoms with E-state index in [1.807, 2.05) is 30.3 Å². The summed E-state index contributed by atoms with van der Waals surface area (Å²) in [4.78, 5) is 21.1. The number of nitrogens with zero attached hydrogens (tertiary/aromatic N) is 3. The second-order valence-corrected chi connectivity index (χ2v) is 7.84. The highest BCUT2D eigenvalue weighted by molar-refractivity contribution is 5.71. The molecule has 6 nitrogen and oxygen atoms in total. The second kappa shape index (κ2) is 8.90. The molecule has 34 heavy (non-hydrogen) atoms. The first-order valence-corrected chi connectivity index (χ1v) is 10.6. The molecular formula is C26H19F2N3O3. The number of carboxylic acid groups (broad SMARTS) is 1. The highest BCUT2D eigenvalue weighted by Crippen LogP contribution is 2.27. The fourth-order valence-corrected chi connectivity index (χ4v) is 3.99. The Labute approximate surface area is 193 Å². The summed E-state index contributed by atoms with van der Waals surface area (Å²) >= 11 is 0. The van der Waals surface area contributed by atoms with Gasteiger partial charge in [-0.15, -0.1) is 0 Å². The van der Waals surface area contributed by atoms with E-state index in [0.29, 0.717) is 34.2 Å². The lowest BCUT2D eigenvalue weighted by Crippen LogP contribution is -2.08. The summed E-state index contributed by atoms with van der Waals surface area (Å²) in [6.07, 6.45) is 3.08. The van der Waals surface area contributed by atoms with E-state index in [9.17, 15) is 18.7 Å². The lowest BCUT2D eigenvalue weighted by atomic mass is 10.1. The van der Waals surface area contributed by atoms with Gasteiger partial charge in [-0.3, -0.25) is 9.20 Å². The average Bonchev–Trinajstić information content (AvgIpc) is 3.45. The Bertz CT molecular complexity index is 1460. The zero-order valence-corrected chi connectivity index (χ0v) is 17.9. The van der Waals surface area contributed by atoms with Crippen LogP contribution in [0.1, 0.15) is 28.4 Å². The number of carboxylic acids is 1. The first-order valence-electron chi connectivity index (χ1n) is 10.6. The molecule has 0 spiro atoms. The Hall–Kier alpha value is -4.33. The van der Waals surface area contributed by atoms with Crippen LogP contribution in [0.15, 0.2) is 77.5 Å². The van der Waals surface area contributed by atoms with Crippen molar-refractivity contribution in [2.24, 2.45) is 0 Å². The summed E-state index contributed by atoms with van der Waals surface area (Å²) < 4.78 is 36.1. The van der Waals surface area contributed by atoms with Gasteiger partial charge in [0.15, 0.2) is 5.65 Å². The lowest BCUT2D eigenvalue weighted by Gasteiger charge is -2.10. The van der Waals surface area contributed by atoms with Crippen LogP contribution in [0, 0.1) is 11.6 Å². The van der Waals surface area contributed by atoms with Gasteiger partial charge in [0, 0.05) is 23.7 Å². The number of furan rings is 1. The predicted octanol–water partition coefficient (Wildman–Crippen LogP) is 5.08. The SMILES string of the molecule is O=C(O)Cc1c(Cc2ccco2)nc2c(Cc3c(F)cccc3F)nc(-c3ccccc3)cn12. The summed E-state index contributed by atoms with van der Waals surface area (Å²) in [6.45, 7) is 0. The maximum Gasteiger partial charge on any atom is 0.309 e. The molecule has 0 amide bonds. The Balaban J connectivity index is 1.74. The molecule has 0 unspecified atom stereocenters. The lowest BCUT2D eigenvalue weighted by molar-refractivity contribution is -0.136. The number of aliphatic carboxylic acids is 1. The minimum absolute atomic E-state index is 0.127. The molecule has 0 saturated heterocycles. The fourth-order valence-electron chi connectivity index (χ4n) is 3.99. The maximum atomic E-state index is 14.5. The number of rotatable bonds is 7. The monoisotopic (exact) mass is 459 g/mol. The van der Waals surface area contributed by atoms with Crippen LogP contribution in [-0.2, 0) is 24.1 Å². The summed E-state index contributed by atoms with van der Waals surface area (Å²) in [5, 5.41) is 9.58. The van der Waals surface area contributed by atoms with Gasteiger partial charge in [0.05, 0.1) is 41.9 Å². The number of imidazole rings is 1. The predicted molar refractivity (Wildman–Crippen MR) is 120 cm³/mol. The van der Waals surface area contributed by atoms with Gasteiger partial charge in [-0.25, -0.2) is 18.7 Å². The van der Waals surface area contributed by atoms with Crippen molar-refractivity contribution in [3.63, 3.8) is 0 Å². The molecule has 3 heterocycles. The Morgan fingerprint density at radius 3 is 2.35 bits per heavy atom. The quantitative estimate of drug-likeness (QED) is 0.367. The highest BCUT2D eigenvalue weighted by atomic mass is 19.1. The number of fused-ring (bicyclic) bond motifs is 1. The zero-order valence-electron chi connectivity index (χ0n) is 17.9. The molecule has 3 aromatic heterocycles. The van der Waals surface area contributed by atoms with Crippen molar-refractivity contribution in [2.45, 2.75) is 19.3 Å². The molecule has 5 rings (SSSR count). The van der Waals surface area contributed by atoms with Crippen LogP contribution in [-0.4, -0.2) is 25.4 Å². The minimum atomic E-state index is -1.03. The van der Waals surface area contributed by atoms with Crippen molar-refractivity contribution in [1.82, 2.24) is 14.4 Å². The molecule has 0 bridgehead atoms. The molecule has 0 aliphatic heterocycles. The normalized spacial score (nSPS) is 11.2. The van der Waals surface area contributed by atoms with Gasteiger partial charge < -0.3 is 9.52 Å². The molecule has 5 aromatic rings. The largest absolute Gasteiger partial charge is 0.481 e. The smallest absolute Gasteiger partial charge is 0.309 e. The molecule has 0 aliphatic carbocycles. The Morgan fingerprint density at radius 1 is 0.912 bits per heavy atom. The third-order valence-corrected chi connectivity index (χ3v) is 5.57. The van der Waals surface area contributed by atoms with E-state index in [1.54, 1.807) is 22.7 Å². The van der Waals surface area contributed by atoms with Crippen LogP contribution in [0.5, 0.6) is 0 Å². The van der Waals surface area contributed by atoms with E-state index in [4.69, 9.17) is 9.40 Å². The van der Waals surface area contributed by atoms with Gasteiger partial charge in [0.2, 0.25) is 0 Å². The number of aromatic nitrogens is 3. The zero-order chi connectivity index (χ0) is 23.7.